The molecule has 102 valence electrons. The first kappa shape index (κ1) is 14.7. The molecule has 4 nitrogen and oxygen atoms in total. The summed E-state index contributed by atoms with van der Waals surface area (Å²) in [4.78, 5) is 22.5. The maximum atomic E-state index is 12.4. The van der Waals surface area contributed by atoms with E-state index in [0.717, 1.165) is 10.0 Å². The van der Waals surface area contributed by atoms with E-state index in [9.17, 15) is 14.9 Å². The van der Waals surface area contributed by atoms with Gasteiger partial charge in [0.2, 0.25) is 0 Å². The lowest BCUT2D eigenvalue weighted by molar-refractivity contribution is -0.384. The molecule has 0 aliphatic rings. The number of ketones is 1. The van der Waals surface area contributed by atoms with Crippen LogP contribution in [0.2, 0.25) is 5.02 Å². The minimum atomic E-state index is -0.551. The molecule has 2 rings (SSSR count). The molecule has 0 N–H and O–H groups in total. The first-order valence-electron chi connectivity index (χ1n) is 5.65. The molecule has 0 amide bonds. The fourth-order valence-electron chi connectivity index (χ4n) is 1.83. The Morgan fingerprint density at radius 2 is 1.85 bits per heavy atom. The minimum Gasteiger partial charge on any atom is -0.289 e. The molecule has 2 aromatic rings. The maximum absolute atomic E-state index is 12.4. The fourth-order valence-corrected chi connectivity index (χ4v) is 2.56. The van der Waals surface area contributed by atoms with Crippen molar-refractivity contribution < 1.29 is 9.72 Å². The Bertz CT molecular complexity index is 716. The number of nitrogens with zero attached hydrogens (tertiary/aromatic N) is 1. The highest BCUT2D eigenvalue weighted by Crippen LogP contribution is 2.26. The average molecular weight is 355 g/mol. The van der Waals surface area contributed by atoms with E-state index in [2.05, 4.69) is 15.9 Å². The van der Waals surface area contributed by atoms with Gasteiger partial charge in [-0.1, -0.05) is 27.5 Å². The molecule has 0 fully saturated rings. The highest BCUT2D eigenvalue weighted by Gasteiger charge is 2.17. The van der Waals surface area contributed by atoms with Crippen LogP contribution < -0.4 is 0 Å². The number of carbonyl (C=O) groups is 1. The van der Waals surface area contributed by atoms with Gasteiger partial charge in [-0.2, -0.15) is 0 Å². The van der Waals surface area contributed by atoms with Crippen molar-refractivity contribution in [1.82, 2.24) is 0 Å². The summed E-state index contributed by atoms with van der Waals surface area (Å²) >= 11 is 9.30. The van der Waals surface area contributed by atoms with E-state index in [1.807, 2.05) is 13.0 Å². The minimum absolute atomic E-state index is 0.0755. The van der Waals surface area contributed by atoms with Crippen LogP contribution in [0.4, 0.5) is 5.69 Å². The molecule has 0 heterocycles. The Morgan fingerprint density at radius 3 is 2.40 bits per heavy atom. The zero-order valence-corrected chi connectivity index (χ0v) is 12.7. The van der Waals surface area contributed by atoms with Crippen LogP contribution in [0.1, 0.15) is 21.5 Å². The summed E-state index contributed by atoms with van der Waals surface area (Å²) in [5.41, 5.74) is 1.43. The number of non-ortho nitro benzene ring substituents is 1. The summed E-state index contributed by atoms with van der Waals surface area (Å²) in [6, 6.07) is 9.12. The molecule has 0 atom stereocenters. The number of nitro groups is 1. The molecular formula is C14H9BrClNO3. The SMILES string of the molecule is Cc1cc(Br)ccc1C(=O)c1ccc([N+](=O)[O-])cc1Cl. The number of hydrogen-bond acceptors (Lipinski definition) is 3. The quantitative estimate of drug-likeness (QED) is 0.461. The van der Waals surface area contributed by atoms with E-state index in [0.29, 0.717) is 5.56 Å². The van der Waals surface area contributed by atoms with Crippen LogP contribution in [0.25, 0.3) is 0 Å². The molecule has 0 unspecified atom stereocenters. The van der Waals surface area contributed by atoms with Gasteiger partial charge in [0.15, 0.2) is 5.78 Å². The van der Waals surface area contributed by atoms with Crippen molar-refractivity contribution in [3.63, 3.8) is 0 Å². The van der Waals surface area contributed by atoms with Gasteiger partial charge in [-0.25, -0.2) is 0 Å². The zero-order valence-electron chi connectivity index (χ0n) is 10.4. The number of halogens is 2. The molecule has 0 aromatic heterocycles. The van der Waals surface area contributed by atoms with Gasteiger partial charge >= 0.3 is 0 Å². The van der Waals surface area contributed by atoms with Crippen LogP contribution >= 0.6 is 27.5 Å². The van der Waals surface area contributed by atoms with Crippen LogP contribution in [0.15, 0.2) is 40.9 Å². The second kappa shape index (κ2) is 5.73. The van der Waals surface area contributed by atoms with Crippen molar-refractivity contribution in [1.29, 1.82) is 0 Å². The third kappa shape index (κ3) is 2.89. The smallest absolute Gasteiger partial charge is 0.270 e. The highest BCUT2D eigenvalue weighted by atomic mass is 79.9. The lowest BCUT2D eigenvalue weighted by atomic mass is 9.99. The van der Waals surface area contributed by atoms with Crippen molar-refractivity contribution in [3.05, 3.63) is 72.7 Å². The monoisotopic (exact) mass is 353 g/mol. The van der Waals surface area contributed by atoms with E-state index < -0.39 is 4.92 Å². The lowest BCUT2D eigenvalue weighted by Crippen LogP contribution is -2.05. The van der Waals surface area contributed by atoms with Crippen LogP contribution in [-0.2, 0) is 0 Å². The Balaban J connectivity index is 2.46. The molecule has 20 heavy (non-hydrogen) atoms. The second-order valence-electron chi connectivity index (χ2n) is 4.21. The molecule has 0 bridgehead atoms. The molecule has 0 aliphatic carbocycles. The molecule has 0 aliphatic heterocycles. The first-order chi connectivity index (χ1) is 9.40. The third-order valence-electron chi connectivity index (χ3n) is 2.84. The normalized spacial score (nSPS) is 10.3. The van der Waals surface area contributed by atoms with Gasteiger partial charge in [0.25, 0.3) is 5.69 Å². The van der Waals surface area contributed by atoms with Gasteiger partial charge in [-0.3, -0.25) is 14.9 Å². The number of benzene rings is 2. The van der Waals surface area contributed by atoms with Crippen molar-refractivity contribution in [3.8, 4) is 0 Å². The van der Waals surface area contributed by atoms with E-state index in [-0.39, 0.29) is 22.1 Å². The first-order valence-corrected chi connectivity index (χ1v) is 6.82. The van der Waals surface area contributed by atoms with Gasteiger partial charge in [-0.05, 0) is 36.8 Å². The fraction of sp³-hybridized carbons (Fsp3) is 0.0714. The van der Waals surface area contributed by atoms with E-state index in [1.165, 1.54) is 18.2 Å². The Labute approximate surface area is 128 Å². The van der Waals surface area contributed by atoms with Gasteiger partial charge in [0.05, 0.1) is 9.95 Å². The van der Waals surface area contributed by atoms with Crippen LogP contribution in [0.3, 0.4) is 0 Å². The molecule has 0 saturated heterocycles. The number of aryl methyl sites for hydroxylation is 1. The number of nitro benzene ring substituents is 1. The average Bonchev–Trinajstić information content (AvgIpc) is 2.37. The van der Waals surface area contributed by atoms with Crippen molar-refractivity contribution in [2.24, 2.45) is 0 Å². The van der Waals surface area contributed by atoms with Crippen LogP contribution in [0, 0.1) is 17.0 Å². The highest BCUT2D eigenvalue weighted by molar-refractivity contribution is 9.10. The summed E-state index contributed by atoms with van der Waals surface area (Å²) in [5.74, 6) is -0.255. The Hall–Kier alpha value is -1.72. The third-order valence-corrected chi connectivity index (χ3v) is 3.65. The summed E-state index contributed by atoms with van der Waals surface area (Å²) in [7, 11) is 0. The maximum Gasteiger partial charge on any atom is 0.270 e. The van der Waals surface area contributed by atoms with E-state index >= 15 is 0 Å². The summed E-state index contributed by atoms with van der Waals surface area (Å²) in [6.45, 7) is 1.82. The van der Waals surface area contributed by atoms with Gasteiger partial charge in [-0.15, -0.1) is 0 Å². The van der Waals surface area contributed by atoms with Gasteiger partial charge < -0.3 is 0 Å². The van der Waals surface area contributed by atoms with E-state index in [4.69, 9.17) is 11.6 Å². The van der Waals surface area contributed by atoms with Crippen molar-refractivity contribution >= 4 is 39.0 Å². The van der Waals surface area contributed by atoms with Crippen LogP contribution in [0.5, 0.6) is 0 Å². The lowest BCUT2D eigenvalue weighted by Gasteiger charge is -2.07. The van der Waals surface area contributed by atoms with E-state index in [1.54, 1.807) is 12.1 Å². The van der Waals surface area contributed by atoms with Crippen molar-refractivity contribution in [2.45, 2.75) is 6.92 Å². The summed E-state index contributed by atoms with van der Waals surface area (Å²) in [6.07, 6.45) is 0. The molecule has 0 spiro atoms. The van der Waals surface area contributed by atoms with Crippen molar-refractivity contribution in [2.75, 3.05) is 0 Å². The van der Waals surface area contributed by atoms with Crippen LogP contribution in [-0.4, -0.2) is 10.7 Å². The molecule has 2 aromatic carbocycles. The molecular weight excluding hydrogens is 346 g/mol. The van der Waals surface area contributed by atoms with Gasteiger partial charge in [0, 0.05) is 27.7 Å². The largest absolute Gasteiger partial charge is 0.289 e. The Kier molecular flexibility index (Phi) is 4.20. The van der Waals surface area contributed by atoms with Gasteiger partial charge in [0.1, 0.15) is 0 Å². The Morgan fingerprint density at radius 1 is 1.20 bits per heavy atom. The molecule has 0 radical (unpaired) electrons. The number of rotatable bonds is 3. The molecule has 0 saturated carbocycles. The standard InChI is InChI=1S/C14H9BrClNO3/c1-8-6-9(15)2-4-11(8)14(18)12-5-3-10(17(19)20)7-13(12)16/h2-7H,1H3. The number of hydrogen-bond donors (Lipinski definition) is 0. The summed E-state index contributed by atoms with van der Waals surface area (Å²) in [5, 5.41) is 10.7. The summed E-state index contributed by atoms with van der Waals surface area (Å²) < 4.78 is 0.876. The number of carbonyl (C=O) groups excluding carboxylic acids is 1. The zero-order chi connectivity index (χ0) is 14.9. The predicted molar refractivity (Wildman–Crippen MR) is 80.4 cm³/mol. The molecule has 6 heteroatoms. The second-order valence-corrected chi connectivity index (χ2v) is 5.53. The topological polar surface area (TPSA) is 60.2 Å². The predicted octanol–water partition coefficient (Wildman–Crippen LogP) is 4.55.